The lowest BCUT2D eigenvalue weighted by Gasteiger charge is -2.32. The molecule has 2 amide bonds. The molecule has 2 atom stereocenters. The van der Waals surface area contributed by atoms with Crippen LogP contribution in [0.25, 0.3) is 0 Å². The van der Waals surface area contributed by atoms with Gasteiger partial charge in [-0.25, -0.2) is 8.42 Å². The molecule has 0 spiro atoms. The summed E-state index contributed by atoms with van der Waals surface area (Å²) >= 11 is 6.11. The summed E-state index contributed by atoms with van der Waals surface area (Å²) in [7, 11) is -2.48. The van der Waals surface area contributed by atoms with E-state index in [0.29, 0.717) is 11.4 Å². The molecule has 0 aliphatic rings. The third-order valence-corrected chi connectivity index (χ3v) is 7.10. The minimum atomic E-state index is -3.89. The van der Waals surface area contributed by atoms with Crippen molar-refractivity contribution in [2.45, 2.75) is 45.7 Å². The van der Waals surface area contributed by atoms with Gasteiger partial charge in [0.2, 0.25) is 21.8 Å². The maximum absolute atomic E-state index is 13.5. The van der Waals surface area contributed by atoms with E-state index in [4.69, 9.17) is 16.3 Å². The van der Waals surface area contributed by atoms with Crippen LogP contribution in [0.15, 0.2) is 48.5 Å². The number of benzene rings is 2. The smallest absolute Gasteiger partial charge is 0.244 e. The maximum Gasteiger partial charge on any atom is 0.244 e. The molecule has 0 radical (unpaired) electrons. The van der Waals surface area contributed by atoms with Crippen molar-refractivity contribution in [3.63, 3.8) is 0 Å². The first-order chi connectivity index (χ1) is 16.5. The third kappa shape index (κ3) is 8.14. The fourth-order valence-corrected chi connectivity index (χ4v) is 4.50. The number of anilines is 1. The second-order valence-electron chi connectivity index (χ2n) is 8.40. The highest BCUT2D eigenvalue weighted by Crippen LogP contribution is 2.32. The molecule has 8 nitrogen and oxygen atoms in total. The van der Waals surface area contributed by atoms with Gasteiger partial charge in [-0.3, -0.25) is 13.9 Å². The lowest BCUT2D eigenvalue weighted by atomic mass is 10.1. The average molecular weight is 524 g/mol. The van der Waals surface area contributed by atoms with Crippen LogP contribution in [-0.4, -0.2) is 63.7 Å². The monoisotopic (exact) mass is 523 g/mol. The molecule has 0 aromatic heterocycles. The van der Waals surface area contributed by atoms with Crippen LogP contribution < -0.4 is 14.4 Å². The van der Waals surface area contributed by atoms with Gasteiger partial charge in [-0.15, -0.1) is 0 Å². The Morgan fingerprint density at radius 2 is 1.77 bits per heavy atom. The van der Waals surface area contributed by atoms with Gasteiger partial charge in [0.1, 0.15) is 18.3 Å². The quantitative estimate of drug-likeness (QED) is 0.459. The maximum atomic E-state index is 13.5. The highest BCUT2D eigenvalue weighted by atomic mass is 35.5. The number of halogens is 1. The van der Waals surface area contributed by atoms with Crippen LogP contribution in [0.2, 0.25) is 5.02 Å². The van der Waals surface area contributed by atoms with E-state index in [1.54, 1.807) is 13.0 Å². The number of methoxy groups -OCH3 is 1. The molecule has 2 aromatic rings. The topological polar surface area (TPSA) is 96.0 Å². The van der Waals surface area contributed by atoms with E-state index in [0.717, 1.165) is 22.5 Å². The molecule has 0 aliphatic carbocycles. The molecule has 0 aliphatic heterocycles. The minimum Gasteiger partial charge on any atom is -0.495 e. The van der Waals surface area contributed by atoms with Crippen LogP contribution in [0, 0.1) is 0 Å². The highest BCUT2D eigenvalue weighted by Gasteiger charge is 2.31. The van der Waals surface area contributed by atoms with Crippen molar-refractivity contribution in [1.29, 1.82) is 0 Å². The molecule has 0 bridgehead atoms. The molecular weight excluding hydrogens is 490 g/mol. The summed E-state index contributed by atoms with van der Waals surface area (Å²) in [6.45, 7) is 5.22. The molecule has 0 saturated heterocycles. The number of rotatable bonds is 12. The molecule has 192 valence electrons. The van der Waals surface area contributed by atoms with E-state index in [1.807, 2.05) is 44.2 Å². The first-order valence-corrected chi connectivity index (χ1v) is 13.7. The van der Waals surface area contributed by atoms with Crippen LogP contribution in [0.3, 0.4) is 0 Å². The van der Waals surface area contributed by atoms with Crippen molar-refractivity contribution in [2.24, 2.45) is 0 Å². The van der Waals surface area contributed by atoms with E-state index < -0.39 is 28.5 Å². The summed E-state index contributed by atoms with van der Waals surface area (Å²) in [5, 5.41) is 3.20. The zero-order chi connectivity index (χ0) is 26.2. The lowest BCUT2D eigenvalue weighted by Crippen LogP contribution is -2.53. The van der Waals surface area contributed by atoms with Gasteiger partial charge in [0.05, 0.1) is 19.1 Å². The first kappa shape index (κ1) is 28.5. The fourth-order valence-electron chi connectivity index (χ4n) is 3.49. The Morgan fingerprint density at radius 1 is 1.11 bits per heavy atom. The van der Waals surface area contributed by atoms with Crippen LogP contribution in [0.1, 0.15) is 32.8 Å². The summed E-state index contributed by atoms with van der Waals surface area (Å²) < 4.78 is 31.7. The molecule has 0 saturated carbocycles. The number of amides is 2. The van der Waals surface area contributed by atoms with Crippen molar-refractivity contribution < 1.29 is 22.7 Å². The summed E-state index contributed by atoms with van der Waals surface area (Å²) in [6.07, 6.45) is 2.26. The Balaban J connectivity index is 2.38. The average Bonchev–Trinajstić information content (AvgIpc) is 2.82. The van der Waals surface area contributed by atoms with E-state index in [-0.39, 0.29) is 29.9 Å². The number of nitrogens with zero attached hydrogens (tertiary/aromatic N) is 2. The van der Waals surface area contributed by atoms with Gasteiger partial charge < -0.3 is 15.0 Å². The molecule has 35 heavy (non-hydrogen) atoms. The Hall–Kier alpha value is -2.78. The largest absolute Gasteiger partial charge is 0.495 e. The number of carbonyl (C=O) groups excluding carboxylic acids is 2. The Bertz CT molecular complexity index is 1110. The lowest BCUT2D eigenvalue weighted by molar-refractivity contribution is -0.139. The van der Waals surface area contributed by atoms with Crippen molar-refractivity contribution in [3.8, 4) is 5.75 Å². The molecular formula is C25H34ClN3O5S. The first-order valence-electron chi connectivity index (χ1n) is 11.4. The zero-order valence-corrected chi connectivity index (χ0v) is 22.4. The standard InChI is InChI=1S/C25H34ClN3O5S/c1-6-18(2)27-25(31)19(3)28(15-14-20-10-8-7-9-11-20)24(30)17-29(35(5,32)33)22-16-21(26)12-13-23(22)34-4/h7-13,16,18-19H,6,14-15,17H2,1-5H3,(H,27,31)/t18-,19-/m0/s1. The van der Waals surface area contributed by atoms with Gasteiger partial charge in [0, 0.05) is 17.6 Å². The van der Waals surface area contributed by atoms with Crippen molar-refractivity contribution in [3.05, 3.63) is 59.1 Å². The number of sulfonamides is 1. The molecule has 0 unspecified atom stereocenters. The number of carbonyl (C=O) groups is 2. The van der Waals surface area contributed by atoms with E-state index in [1.165, 1.54) is 24.1 Å². The SMILES string of the molecule is CC[C@H](C)NC(=O)[C@H](C)N(CCc1ccccc1)C(=O)CN(c1cc(Cl)ccc1OC)S(C)(=O)=O. The normalized spacial score (nSPS) is 13.0. The molecule has 0 heterocycles. The third-order valence-electron chi connectivity index (χ3n) is 5.74. The summed E-state index contributed by atoms with van der Waals surface area (Å²) in [4.78, 5) is 27.9. The number of ether oxygens (including phenoxy) is 1. The molecule has 10 heteroatoms. The van der Waals surface area contributed by atoms with Gasteiger partial charge in [-0.2, -0.15) is 0 Å². The predicted molar refractivity (Wildman–Crippen MR) is 139 cm³/mol. The predicted octanol–water partition coefficient (Wildman–Crippen LogP) is 3.49. The van der Waals surface area contributed by atoms with Gasteiger partial charge in [0.25, 0.3) is 0 Å². The van der Waals surface area contributed by atoms with Crippen molar-refractivity contribution in [1.82, 2.24) is 10.2 Å². The Kier molecular flexibility index (Phi) is 10.4. The summed E-state index contributed by atoms with van der Waals surface area (Å²) in [5.74, 6) is -0.557. The molecule has 2 aromatic carbocycles. The summed E-state index contributed by atoms with van der Waals surface area (Å²) in [5.41, 5.74) is 1.15. The Labute approximate surface area is 213 Å². The summed E-state index contributed by atoms with van der Waals surface area (Å²) in [6, 6.07) is 13.3. The van der Waals surface area contributed by atoms with Crippen molar-refractivity contribution >= 4 is 39.1 Å². The van der Waals surface area contributed by atoms with Crippen LogP contribution in [0.4, 0.5) is 5.69 Å². The number of nitrogens with one attached hydrogen (secondary N) is 1. The number of hydrogen-bond donors (Lipinski definition) is 1. The minimum absolute atomic E-state index is 0.0562. The van der Waals surface area contributed by atoms with E-state index in [2.05, 4.69) is 5.32 Å². The molecule has 1 N–H and O–H groups in total. The zero-order valence-electron chi connectivity index (χ0n) is 20.8. The van der Waals surface area contributed by atoms with Crippen molar-refractivity contribution in [2.75, 3.05) is 30.8 Å². The molecule has 2 rings (SSSR count). The van der Waals surface area contributed by atoms with Crippen LogP contribution >= 0.6 is 11.6 Å². The van der Waals surface area contributed by atoms with E-state index in [9.17, 15) is 18.0 Å². The van der Waals surface area contributed by atoms with Crippen LogP contribution in [-0.2, 0) is 26.0 Å². The van der Waals surface area contributed by atoms with Gasteiger partial charge in [0.15, 0.2) is 0 Å². The van der Waals surface area contributed by atoms with Crippen LogP contribution in [0.5, 0.6) is 5.75 Å². The second kappa shape index (κ2) is 12.8. The molecule has 0 fully saturated rings. The Morgan fingerprint density at radius 3 is 2.34 bits per heavy atom. The van der Waals surface area contributed by atoms with Gasteiger partial charge in [-0.05, 0) is 50.5 Å². The fraction of sp³-hybridized carbons (Fsp3) is 0.440. The second-order valence-corrected chi connectivity index (χ2v) is 10.7. The highest BCUT2D eigenvalue weighted by molar-refractivity contribution is 7.92. The van der Waals surface area contributed by atoms with Gasteiger partial charge >= 0.3 is 0 Å². The van der Waals surface area contributed by atoms with E-state index >= 15 is 0 Å². The van der Waals surface area contributed by atoms with Gasteiger partial charge in [-0.1, -0.05) is 48.9 Å². The number of hydrogen-bond acceptors (Lipinski definition) is 5.